The Balaban J connectivity index is 1.46. The molecule has 2 aromatic carbocycles. The summed E-state index contributed by atoms with van der Waals surface area (Å²) in [5.41, 5.74) is 3.22. The molecule has 6 nitrogen and oxygen atoms in total. The maximum atomic E-state index is 14.9. The largest absolute Gasteiger partial charge is 0.373 e. The summed E-state index contributed by atoms with van der Waals surface area (Å²) in [6, 6.07) is 7.40. The number of hydrogen-bond acceptors (Lipinski definition) is 4. The van der Waals surface area contributed by atoms with E-state index < -0.39 is 11.6 Å². The normalized spacial score (nSPS) is 20.5. The fourth-order valence-electron chi connectivity index (χ4n) is 4.94. The van der Waals surface area contributed by atoms with E-state index in [9.17, 15) is 13.6 Å². The maximum Gasteiger partial charge on any atom is 0.274 e. The molecule has 4 aromatic rings. The number of aryl methyl sites for hydroxylation is 2. The standard InChI is InChI=1S/C27H26F2N4O2/c1-15-9-22-23(10-16(15)2)27(34)33(31-26(22)21-6-3-18(28)11-24(21)29)20-7-8-35-25(12-20)17-13-30-32(14-17)19-4-5-19/h3,6,9-11,13-14,19-20,25H,4-5,7-8,12H2,1-2H3/t20-,25+/m0/s1. The van der Waals surface area contributed by atoms with Gasteiger partial charge in [-0.3, -0.25) is 9.48 Å². The molecule has 0 amide bonds. The SMILES string of the molecule is Cc1cc2c(-c3ccc(F)cc3F)nn([C@H]3CCO[C@@H](c4cnn(C5CC5)c4)C3)c(=O)c2cc1C. The lowest BCUT2D eigenvalue weighted by atomic mass is 9.97. The number of benzene rings is 2. The Morgan fingerprint density at radius 3 is 2.51 bits per heavy atom. The van der Waals surface area contributed by atoms with Crippen LogP contribution in [0.2, 0.25) is 0 Å². The van der Waals surface area contributed by atoms with E-state index in [2.05, 4.69) is 5.10 Å². The highest BCUT2D eigenvalue weighted by atomic mass is 19.1. The molecule has 3 heterocycles. The van der Waals surface area contributed by atoms with Crippen molar-refractivity contribution in [3.05, 3.63) is 81.4 Å². The number of halogens is 2. The van der Waals surface area contributed by atoms with Gasteiger partial charge in [0.05, 0.1) is 29.8 Å². The molecule has 0 spiro atoms. The van der Waals surface area contributed by atoms with Crippen LogP contribution in [0.5, 0.6) is 0 Å². The third-order valence-electron chi connectivity index (χ3n) is 7.24. The van der Waals surface area contributed by atoms with Crippen LogP contribution in [0.1, 0.15) is 60.6 Å². The number of rotatable bonds is 4. The Bertz CT molecular complexity index is 1510. The molecule has 1 aliphatic carbocycles. The minimum Gasteiger partial charge on any atom is -0.373 e. The minimum absolute atomic E-state index is 0.169. The zero-order chi connectivity index (χ0) is 24.3. The Morgan fingerprint density at radius 2 is 1.77 bits per heavy atom. The number of fused-ring (bicyclic) bond motifs is 1. The molecule has 2 atom stereocenters. The lowest BCUT2D eigenvalue weighted by molar-refractivity contribution is -0.0102. The van der Waals surface area contributed by atoms with Crippen molar-refractivity contribution in [3.63, 3.8) is 0 Å². The third-order valence-corrected chi connectivity index (χ3v) is 7.24. The van der Waals surface area contributed by atoms with Crippen LogP contribution in [0.3, 0.4) is 0 Å². The van der Waals surface area contributed by atoms with Crippen molar-refractivity contribution < 1.29 is 13.5 Å². The maximum absolute atomic E-state index is 14.9. The van der Waals surface area contributed by atoms with Crippen LogP contribution in [0.4, 0.5) is 8.78 Å². The molecule has 1 aliphatic heterocycles. The first-order chi connectivity index (χ1) is 16.9. The van der Waals surface area contributed by atoms with Gasteiger partial charge in [0.2, 0.25) is 0 Å². The molecule has 0 radical (unpaired) electrons. The molecule has 6 rings (SSSR count). The van der Waals surface area contributed by atoms with Gasteiger partial charge in [0.15, 0.2) is 0 Å². The van der Waals surface area contributed by atoms with Crippen LogP contribution >= 0.6 is 0 Å². The summed E-state index contributed by atoms with van der Waals surface area (Å²) in [5.74, 6) is -1.37. The van der Waals surface area contributed by atoms with Crippen LogP contribution in [-0.4, -0.2) is 26.2 Å². The van der Waals surface area contributed by atoms with Gasteiger partial charge in [0.1, 0.15) is 17.3 Å². The lowest BCUT2D eigenvalue weighted by Gasteiger charge is -2.30. The monoisotopic (exact) mass is 476 g/mol. The molecule has 1 saturated heterocycles. The van der Waals surface area contributed by atoms with Crippen molar-refractivity contribution in [2.45, 2.75) is 57.7 Å². The Labute approximate surface area is 201 Å². The molecular weight excluding hydrogens is 450 g/mol. The molecule has 180 valence electrons. The van der Waals surface area contributed by atoms with Crippen molar-refractivity contribution >= 4 is 10.8 Å². The van der Waals surface area contributed by atoms with Crippen LogP contribution in [-0.2, 0) is 4.74 Å². The van der Waals surface area contributed by atoms with Gasteiger partial charge < -0.3 is 4.74 Å². The average molecular weight is 477 g/mol. The number of ether oxygens (including phenoxy) is 1. The lowest BCUT2D eigenvalue weighted by Crippen LogP contribution is -2.32. The Kier molecular flexibility index (Phi) is 5.29. The van der Waals surface area contributed by atoms with Gasteiger partial charge in [-0.25, -0.2) is 13.5 Å². The van der Waals surface area contributed by atoms with Gasteiger partial charge >= 0.3 is 0 Å². The Hall–Kier alpha value is -3.39. The summed E-state index contributed by atoms with van der Waals surface area (Å²) in [6.07, 6.45) is 7.14. The van der Waals surface area contributed by atoms with E-state index in [1.165, 1.54) is 16.8 Å². The van der Waals surface area contributed by atoms with Crippen molar-refractivity contribution in [2.24, 2.45) is 0 Å². The fourth-order valence-corrected chi connectivity index (χ4v) is 4.94. The predicted molar refractivity (Wildman–Crippen MR) is 128 cm³/mol. The zero-order valence-electron chi connectivity index (χ0n) is 19.7. The van der Waals surface area contributed by atoms with Crippen molar-refractivity contribution in [3.8, 4) is 11.3 Å². The van der Waals surface area contributed by atoms with Crippen LogP contribution in [0.15, 0.2) is 47.5 Å². The van der Waals surface area contributed by atoms with E-state index in [0.29, 0.717) is 42.0 Å². The molecule has 1 saturated carbocycles. The second-order valence-electron chi connectivity index (χ2n) is 9.73. The highest BCUT2D eigenvalue weighted by molar-refractivity contribution is 5.94. The highest BCUT2D eigenvalue weighted by Crippen LogP contribution is 2.38. The summed E-state index contributed by atoms with van der Waals surface area (Å²) in [5, 5.41) is 10.2. The van der Waals surface area contributed by atoms with E-state index in [1.807, 2.05) is 43.1 Å². The predicted octanol–water partition coefficient (Wildman–Crippen LogP) is 5.58. The van der Waals surface area contributed by atoms with E-state index >= 15 is 0 Å². The van der Waals surface area contributed by atoms with Gasteiger partial charge in [-0.2, -0.15) is 10.2 Å². The van der Waals surface area contributed by atoms with Gasteiger partial charge in [-0.15, -0.1) is 0 Å². The van der Waals surface area contributed by atoms with Crippen molar-refractivity contribution in [2.75, 3.05) is 6.61 Å². The zero-order valence-corrected chi connectivity index (χ0v) is 19.7. The van der Waals surface area contributed by atoms with Crippen LogP contribution in [0, 0.1) is 25.5 Å². The van der Waals surface area contributed by atoms with Crippen LogP contribution < -0.4 is 5.56 Å². The molecule has 35 heavy (non-hydrogen) atoms. The first-order valence-electron chi connectivity index (χ1n) is 12.0. The van der Waals surface area contributed by atoms with E-state index in [-0.39, 0.29) is 23.3 Å². The molecule has 0 unspecified atom stereocenters. The average Bonchev–Trinajstić information content (AvgIpc) is 3.57. The summed E-state index contributed by atoms with van der Waals surface area (Å²) >= 11 is 0. The summed E-state index contributed by atoms with van der Waals surface area (Å²) in [6.45, 7) is 4.36. The van der Waals surface area contributed by atoms with Crippen molar-refractivity contribution in [1.82, 2.24) is 19.6 Å². The fraction of sp³-hybridized carbons (Fsp3) is 0.370. The molecule has 2 aromatic heterocycles. The number of nitrogens with zero attached hydrogens (tertiary/aromatic N) is 4. The molecule has 2 fully saturated rings. The van der Waals surface area contributed by atoms with E-state index in [0.717, 1.165) is 35.6 Å². The first kappa shape index (κ1) is 22.1. The summed E-state index contributed by atoms with van der Waals surface area (Å²) < 4.78 is 38.0. The molecule has 0 N–H and O–H groups in total. The molecular formula is C27H26F2N4O2. The summed E-state index contributed by atoms with van der Waals surface area (Å²) in [7, 11) is 0. The van der Waals surface area contributed by atoms with Crippen LogP contribution in [0.25, 0.3) is 22.0 Å². The highest BCUT2D eigenvalue weighted by Gasteiger charge is 2.31. The van der Waals surface area contributed by atoms with Gasteiger partial charge in [-0.05, 0) is 68.5 Å². The topological polar surface area (TPSA) is 61.9 Å². The van der Waals surface area contributed by atoms with Gasteiger partial charge in [0, 0.05) is 41.8 Å². The number of aromatic nitrogens is 4. The van der Waals surface area contributed by atoms with E-state index in [1.54, 1.807) is 0 Å². The molecule has 0 bridgehead atoms. The third kappa shape index (κ3) is 3.95. The van der Waals surface area contributed by atoms with Gasteiger partial charge in [0.25, 0.3) is 5.56 Å². The van der Waals surface area contributed by atoms with Gasteiger partial charge in [-0.1, -0.05) is 0 Å². The summed E-state index contributed by atoms with van der Waals surface area (Å²) in [4.78, 5) is 13.6. The van der Waals surface area contributed by atoms with E-state index in [4.69, 9.17) is 9.84 Å². The second-order valence-corrected chi connectivity index (χ2v) is 9.73. The smallest absolute Gasteiger partial charge is 0.274 e. The molecule has 8 heteroatoms. The minimum atomic E-state index is -0.709. The number of hydrogen-bond donors (Lipinski definition) is 0. The first-order valence-corrected chi connectivity index (χ1v) is 12.0. The quantitative estimate of drug-likeness (QED) is 0.386. The second kappa shape index (κ2) is 8.37. The van der Waals surface area contributed by atoms with Crippen molar-refractivity contribution in [1.29, 1.82) is 0 Å². The molecule has 2 aliphatic rings. The Morgan fingerprint density at radius 1 is 1.00 bits per heavy atom.